The van der Waals surface area contributed by atoms with Crippen LogP contribution in [-0.4, -0.2) is 0 Å². The van der Waals surface area contributed by atoms with Crippen molar-refractivity contribution in [3.05, 3.63) is 0 Å². The third-order valence-corrected chi connectivity index (χ3v) is 3.05. The van der Waals surface area contributed by atoms with Crippen molar-refractivity contribution in [3.63, 3.8) is 0 Å². The molecule has 2 unspecified atom stereocenters. The average molecular weight is 194 g/mol. The van der Waals surface area contributed by atoms with Crippen molar-refractivity contribution in [2.75, 3.05) is 0 Å². The van der Waals surface area contributed by atoms with Crippen molar-refractivity contribution in [1.82, 2.24) is 0 Å². The molecule has 0 aromatic heterocycles. The topological polar surface area (TPSA) is 0 Å². The molecule has 0 saturated heterocycles. The first-order valence-corrected chi connectivity index (χ1v) is 5.97. The Kier molecular flexibility index (Phi) is 6.71. The maximum absolute atomic E-state index is 5.57. The van der Waals surface area contributed by atoms with Crippen LogP contribution in [0.1, 0.15) is 53.9 Å². The van der Waals surface area contributed by atoms with Crippen LogP contribution in [0, 0.1) is 36.0 Å². The molecule has 0 amide bonds. The number of hydrogen-bond donors (Lipinski definition) is 0. The Morgan fingerprint density at radius 1 is 1.07 bits per heavy atom. The lowest BCUT2D eigenvalue weighted by molar-refractivity contribution is 0.297. The fraction of sp³-hybridized carbons (Fsp3) is 0.857. The predicted molar refractivity (Wildman–Crippen MR) is 65.0 cm³/mol. The van der Waals surface area contributed by atoms with Crippen molar-refractivity contribution in [3.8, 4) is 12.3 Å². The first-order chi connectivity index (χ1) is 6.51. The smallest absolute Gasteiger partial charge is 0.0205 e. The molecule has 0 aromatic carbocycles. The van der Waals surface area contributed by atoms with Crippen LogP contribution in [0.2, 0.25) is 0 Å². The Hall–Kier alpha value is -0.440. The average Bonchev–Trinajstić information content (AvgIpc) is 2.10. The number of rotatable bonds is 6. The van der Waals surface area contributed by atoms with Gasteiger partial charge < -0.3 is 0 Å². The highest BCUT2D eigenvalue weighted by atomic mass is 14.2. The quantitative estimate of drug-likeness (QED) is 0.551. The second-order valence-electron chi connectivity index (χ2n) is 5.14. The molecule has 0 spiro atoms. The molecule has 0 nitrogen and oxygen atoms in total. The van der Waals surface area contributed by atoms with E-state index in [9.17, 15) is 0 Å². The summed E-state index contributed by atoms with van der Waals surface area (Å²) in [5, 5.41) is 0. The SMILES string of the molecule is C#CC(CC(C)C)CC(CC)C(C)C. The van der Waals surface area contributed by atoms with Crippen LogP contribution in [0.25, 0.3) is 0 Å². The van der Waals surface area contributed by atoms with Crippen LogP contribution in [0.3, 0.4) is 0 Å². The lowest BCUT2D eigenvalue weighted by Gasteiger charge is -2.23. The van der Waals surface area contributed by atoms with E-state index in [1.54, 1.807) is 0 Å². The molecular weight excluding hydrogens is 168 g/mol. The lowest BCUT2D eigenvalue weighted by Crippen LogP contribution is -2.14. The van der Waals surface area contributed by atoms with Gasteiger partial charge in [-0.05, 0) is 30.6 Å². The van der Waals surface area contributed by atoms with Gasteiger partial charge in [-0.15, -0.1) is 12.3 Å². The zero-order chi connectivity index (χ0) is 11.1. The molecule has 0 aliphatic carbocycles. The highest BCUT2D eigenvalue weighted by molar-refractivity contribution is 4.94. The summed E-state index contributed by atoms with van der Waals surface area (Å²) in [5.74, 6) is 5.73. The van der Waals surface area contributed by atoms with Gasteiger partial charge >= 0.3 is 0 Å². The number of hydrogen-bond acceptors (Lipinski definition) is 0. The second-order valence-corrected chi connectivity index (χ2v) is 5.14. The Balaban J connectivity index is 4.09. The molecule has 0 saturated carbocycles. The Labute approximate surface area is 90.5 Å². The van der Waals surface area contributed by atoms with E-state index < -0.39 is 0 Å². The predicted octanol–water partition coefficient (Wildman–Crippen LogP) is 4.35. The molecule has 14 heavy (non-hydrogen) atoms. The van der Waals surface area contributed by atoms with E-state index in [2.05, 4.69) is 40.5 Å². The summed E-state index contributed by atoms with van der Waals surface area (Å²) in [7, 11) is 0. The standard InChI is InChI=1S/C14H26/c1-7-13(9-11(3)4)10-14(8-2)12(5)6/h1,11-14H,8-10H2,2-6H3. The van der Waals surface area contributed by atoms with Gasteiger partial charge in [0.1, 0.15) is 0 Å². The zero-order valence-electron chi connectivity index (χ0n) is 10.5. The first kappa shape index (κ1) is 13.6. The molecular formula is C14H26. The highest BCUT2D eigenvalue weighted by Gasteiger charge is 2.17. The van der Waals surface area contributed by atoms with E-state index in [0.29, 0.717) is 5.92 Å². The Bertz CT molecular complexity index is 171. The van der Waals surface area contributed by atoms with Crippen LogP contribution in [0.4, 0.5) is 0 Å². The minimum atomic E-state index is 0.488. The monoisotopic (exact) mass is 194 g/mol. The molecule has 0 fully saturated rings. The van der Waals surface area contributed by atoms with Crippen molar-refractivity contribution in [2.45, 2.75) is 53.9 Å². The summed E-state index contributed by atoms with van der Waals surface area (Å²) in [6.07, 6.45) is 9.22. The third kappa shape index (κ3) is 5.32. The highest BCUT2D eigenvalue weighted by Crippen LogP contribution is 2.26. The summed E-state index contributed by atoms with van der Waals surface area (Å²) >= 11 is 0. The fourth-order valence-corrected chi connectivity index (χ4v) is 2.08. The van der Waals surface area contributed by atoms with Gasteiger partial charge in [0, 0.05) is 5.92 Å². The molecule has 0 rings (SSSR count). The Morgan fingerprint density at radius 3 is 1.93 bits per heavy atom. The van der Waals surface area contributed by atoms with Gasteiger partial charge in [0.05, 0.1) is 0 Å². The van der Waals surface area contributed by atoms with Crippen LogP contribution >= 0.6 is 0 Å². The van der Waals surface area contributed by atoms with Gasteiger partial charge in [-0.1, -0.05) is 41.0 Å². The molecule has 0 heteroatoms. The molecule has 2 atom stereocenters. The van der Waals surface area contributed by atoms with Gasteiger partial charge in [0.25, 0.3) is 0 Å². The van der Waals surface area contributed by atoms with Crippen molar-refractivity contribution in [2.24, 2.45) is 23.7 Å². The maximum atomic E-state index is 5.57. The van der Waals surface area contributed by atoms with Gasteiger partial charge in [0.15, 0.2) is 0 Å². The summed E-state index contributed by atoms with van der Waals surface area (Å²) in [6, 6.07) is 0. The van der Waals surface area contributed by atoms with Gasteiger partial charge in [-0.25, -0.2) is 0 Å². The van der Waals surface area contributed by atoms with Crippen LogP contribution < -0.4 is 0 Å². The van der Waals surface area contributed by atoms with E-state index in [4.69, 9.17) is 6.42 Å². The fourth-order valence-electron chi connectivity index (χ4n) is 2.08. The molecule has 0 aliphatic heterocycles. The zero-order valence-corrected chi connectivity index (χ0v) is 10.5. The van der Waals surface area contributed by atoms with E-state index in [-0.39, 0.29) is 0 Å². The molecule has 0 aliphatic rings. The molecule has 0 N–H and O–H groups in total. The van der Waals surface area contributed by atoms with Gasteiger partial charge in [-0.2, -0.15) is 0 Å². The third-order valence-electron chi connectivity index (χ3n) is 3.05. The summed E-state index contributed by atoms with van der Waals surface area (Å²) in [4.78, 5) is 0. The van der Waals surface area contributed by atoms with Crippen LogP contribution in [-0.2, 0) is 0 Å². The molecule has 82 valence electrons. The van der Waals surface area contributed by atoms with E-state index in [1.807, 2.05) is 0 Å². The largest absolute Gasteiger partial charge is 0.120 e. The second kappa shape index (κ2) is 6.93. The van der Waals surface area contributed by atoms with E-state index in [1.165, 1.54) is 19.3 Å². The molecule has 0 aromatic rings. The van der Waals surface area contributed by atoms with Crippen LogP contribution in [0.15, 0.2) is 0 Å². The van der Waals surface area contributed by atoms with Crippen LogP contribution in [0.5, 0.6) is 0 Å². The van der Waals surface area contributed by atoms with Crippen molar-refractivity contribution >= 4 is 0 Å². The Morgan fingerprint density at radius 2 is 1.64 bits per heavy atom. The van der Waals surface area contributed by atoms with Crippen molar-refractivity contribution in [1.29, 1.82) is 0 Å². The summed E-state index contributed by atoms with van der Waals surface area (Å²) in [5.41, 5.74) is 0. The van der Waals surface area contributed by atoms with Gasteiger partial charge in [-0.3, -0.25) is 0 Å². The molecule has 0 heterocycles. The first-order valence-electron chi connectivity index (χ1n) is 5.97. The molecule has 0 radical (unpaired) electrons. The van der Waals surface area contributed by atoms with Gasteiger partial charge in [0.2, 0.25) is 0 Å². The van der Waals surface area contributed by atoms with E-state index in [0.717, 1.165) is 17.8 Å². The summed E-state index contributed by atoms with van der Waals surface area (Å²) < 4.78 is 0. The normalized spacial score (nSPS) is 15.6. The number of terminal acetylenes is 1. The molecule has 0 bridgehead atoms. The lowest BCUT2D eigenvalue weighted by atomic mass is 9.82. The minimum absolute atomic E-state index is 0.488. The maximum Gasteiger partial charge on any atom is 0.0205 e. The van der Waals surface area contributed by atoms with E-state index >= 15 is 0 Å². The summed E-state index contributed by atoms with van der Waals surface area (Å²) in [6.45, 7) is 11.4. The van der Waals surface area contributed by atoms with Crippen molar-refractivity contribution < 1.29 is 0 Å². The minimum Gasteiger partial charge on any atom is -0.120 e.